The van der Waals surface area contributed by atoms with E-state index in [0.29, 0.717) is 18.1 Å². The lowest BCUT2D eigenvalue weighted by molar-refractivity contribution is 0.306. The van der Waals surface area contributed by atoms with Crippen LogP contribution < -0.4 is 29.9 Å². The first-order valence-electron chi connectivity index (χ1n) is 18.7. The van der Waals surface area contributed by atoms with Crippen LogP contribution in [0, 0.1) is 0 Å². The van der Waals surface area contributed by atoms with E-state index in [-0.39, 0.29) is 5.75 Å². The minimum atomic E-state index is 0.215. The maximum absolute atomic E-state index is 9.61. The van der Waals surface area contributed by atoms with Gasteiger partial charge in [-0.15, -0.1) is 0 Å². The molecule has 3 N–H and O–H groups in total. The molecule has 2 aliphatic rings. The van der Waals surface area contributed by atoms with Gasteiger partial charge in [0.2, 0.25) is 0 Å². The normalized spacial score (nSPS) is 15.0. The number of fused-ring (bicyclic) bond motifs is 2. The Morgan fingerprint density at radius 1 is 0.632 bits per heavy atom. The highest BCUT2D eigenvalue weighted by molar-refractivity contribution is 7.23. The van der Waals surface area contributed by atoms with Gasteiger partial charge in [-0.05, 0) is 56.1 Å². The minimum Gasteiger partial charge on any atom is -0.508 e. The average molecular weight is 805 g/mol. The zero-order valence-corrected chi connectivity index (χ0v) is 33.6. The van der Waals surface area contributed by atoms with Gasteiger partial charge in [0, 0.05) is 75.9 Å². The van der Waals surface area contributed by atoms with Crippen LogP contribution in [0.25, 0.3) is 20.7 Å². The quantitative estimate of drug-likeness (QED) is 0.139. The number of hydrogen-bond acceptors (Lipinski definition) is 17. The number of phenolic OH excluding ortho intramolecular Hbond substituents is 1. The van der Waals surface area contributed by atoms with E-state index in [0.717, 1.165) is 112 Å². The smallest absolute Gasteiger partial charge is 0.188 e. The van der Waals surface area contributed by atoms with Gasteiger partial charge < -0.3 is 44.8 Å². The molecule has 0 spiro atoms. The highest BCUT2D eigenvalue weighted by Crippen LogP contribution is 2.35. The van der Waals surface area contributed by atoms with Gasteiger partial charge in [-0.2, -0.15) is 9.97 Å². The van der Waals surface area contributed by atoms with Gasteiger partial charge in [-0.1, -0.05) is 46.9 Å². The molecule has 9 rings (SSSR count). The van der Waals surface area contributed by atoms with E-state index in [1.165, 1.54) is 6.33 Å². The first kappa shape index (κ1) is 38.0. The Kier molecular flexibility index (Phi) is 11.7. The zero-order valence-electron chi connectivity index (χ0n) is 32.0. The molecule has 294 valence electrons. The van der Waals surface area contributed by atoms with Crippen molar-refractivity contribution in [1.82, 2.24) is 39.7 Å². The van der Waals surface area contributed by atoms with Crippen LogP contribution in [0.4, 0.5) is 33.3 Å². The Bertz CT molecular complexity index is 2410. The molecule has 0 amide bonds. The summed E-state index contributed by atoms with van der Waals surface area (Å²) >= 11 is 3.23. The van der Waals surface area contributed by atoms with Crippen molar-refractivity contribution in [2.45, 2.75) is 6.61 Å². The molecule has 4 aromatic heterocycles. The van der Waals surface area contributed by atoms with Crippen LogP contribution in [0.15, 0.2) is 85.5 Å². The Labute approximate surface area is 338 Å². The predicted octanol–water partition coefficient (Wildman–Crippen LogP) is 6.46. The lowest BCUT2D eigenvalue weighted by atomic mass is 10.2. The van der Waals surface area contributed by atoms with E-state index in [4.69, 9.17) is 14.5 Å². The first-order valence-corrected chi connectivity index (χ1v) is 20.3. The van der Waals surface area contributed by atoms with Crippen LogP contribution in [-0.2, 0) is 6.61 Å². The van der Waals surface area contributed by atoms with Crippen molar-refractivity contribution in [1.29, 1.82) is 0 Å². The predicted molar refractivity (Wildman–Crippen MR) is 228 cm³/mol. The molecule has 0 saturated carbocycles. The number of phenols is 1. The Balaban J connectivity index is 0.000000168. The molecule has 0 radical (unpaired) electrons. The van der Waals surface area contributed by atoms with Crippen LogP contribution in [0.2, 0.25) is 0 Å². The molecule has 7 aromatic rings. The largest absolute Gasteiger partial charge is 0.508 e. The standard InChI is InChI=1S/C24H26N6O2S.C16H18N6OS/c1-29-10-12-30(13-11-29)24-28-23-21(33-24)22(25-16-26-23)27-18-4-3-5-20(14-18)32-15-17-6-8-19(31-2)9-7-17;1-21-5-7-22(8-6-21)16-20-15-13(24-16)14(17-10-18-15)19-11-3-2-4-12(23)9-11/h3-9,14,16H,10-13,15H2,1-2H3,(H,25,26,27);2-4,9-10,23H,5-8H2,1H3,(H,17,18,19). The number of nitrogens with zero attached hydrogens (tertiary/aromatic N) is 10. The number of thiazole rings is 2. The number of methoxy groups -OCH3 is 1. The second-order valence-electron chi connectivity index (χ2n) is 13.8. The van der Waals surface area contributed by atoms with Gasteiger partial charge in [-0.3, -0.25) is 0 Å². The number of rotatable bonds is 10. The fourth-order valence-electron chi connectivity index (χ4n) is 6.34. The summed E-state index contributed by atoms with van der Waals surface area (Å²) in [7, 11) is 5.95. The number of nitrogens with one attached hydrogen (secondary N) is 2. The summed E-state index contributed by atoms with van der Waals surface area (Å²) in [5, 5.41) is 18.3. The van der Waals surface area contributed by atoms with Crippen molar-refractivity contribution in [3.8, 4) is 17.2 Å². The van der Waals surface area contributed by atoms with E-state index in [2.05, 4.69) is 69.2 Å². The number of anilines is 6. The number of benzene rings is 3. The minimum absolute atomic E-state index is 0.215. The van der Waals surface area contributed by atoms with Crippen LogP contribution in [-0.4, -0.2) is 118 Å². The third-order valence-corrected chi connectivity index (χ3v) is 11.9. The third kappa shape index (κ3) is 9.40. The Morgan fingerprint density at radius 3 is 1.68 bits per heavy atom. The molecule has 17 heteroatoms. The van der Waals surface area contributed by atoms with Crippen LogP contribution >= 0.6 is 22.7 Å². The molecule has 6 heterocycles. The van der Waals surface area contributed by atoms with Gasteiger partial charge in [0.1, 0.15) is 45.9 Å². The van der Waals surface area contributed by atoms with Crippen molar-refractivity contribution in [2.24, 2.45) is 0 Å². The van der Waals surface area contributed by atoms with Crippen molar-refractivity contribution in [3.05, 3.63) is 91.0 Å². The monoisotopic (exact) mass is 804 g/mol. The lowest BCUT2D eigenvalue weighted by Gasteiger charge is -2.31. The Hall–Kier alpha value is -5.88. The number of hydrogen-bond donors (Lipinski definition) is 3. The van der Waals surface area contributed by atoms with E-state index in [9.17, 15) is 5.11 Å². The summed E-state index contributed by atoms with van der Waals surface area (Å²) in [6.07, 6.45) is 3.07. The second kappa shape index (κ2) is 17.5. The highest BCUT2D eigenvalue weighted by Gasteiger charge is 2.21. The van der Waals surface area contributed by atoms with E-state index < -0.39 is 0 Å². The summed E-state index contributed by atoms with van der Waals surface area (Å²) in [6.45, 7) is 8.52. The molecule has 57 heavy (non-hydrogen) atoms. The number of piperazine rings is 2. The maximum Gasteiger partial charge on any atom is 0.188 e. The fourth-order valence-corrected chi connectivity index (χ4v) is 8.37. The van der Waals surface area contributed by atoms with Gasteiger partial charge in [0.05, 0.1) is 7.11 Å². The van der Waals surface area contributed by atoms with E-state index in [1.807, 2.05) is 54.6 Å². The van der Waals surface area contributed by atoms with E-state index in [1.54, 1.807) is 54.3 Å². The van der Waals surface area contributed by atoms with Gasteiger partial charge in [0.25, 0.3) is 0 Å². The third-order valence-electron chi connectivity index (χ3n) is 9.68. The lowest BCUT2D eigenvalue weighted by Crippen LogP contribution is -2.44. The molecular weight excluding hydrogens is 761 g/mol. The molecule has 2 aliphatic heterocycles. The molecule has 0 atom stereocenters. The molecule has 0 unspecified atom stereocenters. The second-order valence-corrected chi connectivity index (χ2v) is 15.7. The molecule has 2 fully saturated rings. The average Bonchev–Trinajstić information content (AvgIpc) is 3.88. The molecular formula is C40H44N12O3S2. The fraction of sp³-hybridized carbons (Fsp3) is 0.300. The molecule has 0 aliphatic carbocycles. The van der Waals surface area contributed by atoms with Gasteiger partial charge in [-0.25, -0.2) is 19.9 Å². The molecule has 0 bridgehead atoms. The maximum atomic E-state index is 9.61. The summed E-state index contributed by atoms with van der Waals surface area (Å²) in [4.78, 5) is 36.2. The van der Waals surface area contributed by atoms with Crippen molar-refractivity contribution in [3.63, 3.8) is 0 Å². The van der Waals surface area contributed by atoms with Crippen molar-refractivity contribution in [2.75, 3.05) is 94.0 Å². The number of aromatic nitrogens is 6. The number of likely N-dealkylation sites (N-methyl/N-ethyl adjacent to an activating group) is 2. The highest BCUT2D eigenvalue weighted by atomic mass is 32.1. The molecule has 15 nitrogen and oxygen atoms in total. The summed E-state index contributed by atoms with van der Waals surface area (Å²) in [5.41, 5.74) is 4.18. The number of aromatic hydroxyl groups is 1. The summed E-state index contributed by atoms with van der Waals surface area (Å²) in [6, 6.07) is 22.7. The van der Waals surface area contributed by atoms with Crippen LogP contribution in [0.5, 0.6) is 17.2 Å². The van der Waals surface area contributed by atoms with Crippen molar-refractivity contribution < 1.29 is 14.6 Å². The first-order chi connectivity index (χ1) is 27.9. The SMILES string of the molecule is CN1CCN(c2nc3ncnc(Nc4cccc(O)c4)c3s2)CC1.COc1ccc(COc2cccc(Nc3ncnc4nc(N5CCN(C)CC5)sc34)c2)cc1. The molecule has 2 saturated heterocycles. The van der Waals surface area contributed by atoms with Gasteiger partial charge in [0.15, 0.2) is 33.2 Å². The zero-order chi connectivity index (χ0) is 39.1. The summed E-state index contributed by atoms with van der Waals surface area (Å²) in [5.74, 6) is 3.30. The topological polar surface area (TPSA) is 153 Å². The van der Waals surface area contributed by atoms with E-state index >= 15 is 0 Å². The number of ether oxygens (including phenoxy) is 2. The summed E-state index contributed by atoms with van der Waals surface area (Å²) < 4.78 is 13.1. The van der Waals surface area contributed by atoms with Crippen LogP contribution in [0.3, 0.4) is 0 Å². The van der Waals surface area contributed by atoms with Crippen molar-refractivity contribution >= 4 is 76.6 Å². The van der Waals surface area contributed by atoms with Gasteiger partial charge >= 0.3 is 0 Å². The molecule has 3 aromatic carbocycles. The Morgan fingerprint density at radius 2 is 1.16 bits per heavy atom. The van der Waals surface area contributed by atoms with Crippen LogP contribution in [0.1, 0.15) is 5.56 Å².